The number of para-hydroxylation sites is 2. The molecule has 0 bridgehead atoms. The Balaban J connectivity index is 1.66. The maximum atomic E-state index is 11.1. The van der Waals surface area contributed by atoms with Crippen molar-refractivity contribution in [3.8, 4) is 0 Å². The third-order valence-corrected chi connectivity index (χ3v) is 5.22. The summed E-state index contributed by atoms with van der Waals surface area (Å²) in [4.78, 5) is 17.6. The van der Waals surface area contributed by atoms with Gasteiger partial charge in [-0.3, -0.25) is 9.79 Å². The van der Waals surface area contributed by atoms with Crippen molar-refractivity contribution in [1.82, 2.24) is 0 Å². The fraction of sp³-hybridized carbons (Fsp3) is 0. The molecule has 0 saturated carbocycles. The van der Waals surface area contributed by atoms with Crippen molar-refractivity contribution in [2.24, 2.45) is 4.99 Å². The second-order valence-electron chi connectivity index (χ2n) is 6.39. The number of hydrogen-bond acceptors (Lipinski definition) is 3. The molecule has 0 fully saturated rings. The zero-order valence-electron chi connectivity index (χ0n) is 15.3. The Morgan fingerprint density at radius 2 is 1.52 bits per heavy atom. The lowest BCUT2D eigenvalue weighted by Gasteiger charge is -2.21. The van der Waals surface area contributed by atoms with Crippen LogP contribution >= 0.6 is 23.2 Å². The Morgan fingerprint density at radius 3 is 2.17 bits per heavy atom. The maximum absolute atomic E-state index is 11.1. The van der Waals surface area contributed by atoms with E-state index in [1.807, 2.05) is 77.8 Å². The molecule has 0 heterocycles. The topological polar surface area (TPSA) is 32.7 Å². The predicted molar refractivity (Wildman–Crippen MR) is 121 cm³/mol. The second kappa shape index (κ2) is 8.48. The lowest BCUT2D eigenvalue weighted by atomic mass is 10.2. The zero-order valence-corrected chi connectivity index (χ0v) is 16.8. The quantitative estimate of drug-likeness (QED) is 0.316. The van der Waals surface area contributed by atoms with Gasteiger partial charge in [-0.2, -0.15) is 0 Å². The molecule has 1 aliphatic carbocycles. The minimum absolute atomic E-state index is 0.401. The van der Waals surface area contributed by atoms with Crippen LogP contribution in [0.3, 0.4) is 0 Å². The number of aliphatic imine (C=N–C) groups is 1. The third-order valence-electron chi connectivity index (χ3n) is 4.48. The largest absolute Gasteiger partial charge is 0.316 e. The summed E-state index contributed by atoms with van der Waals surface area (Å²) >= 11 is 12.7. The Hall–Kier alpha value is -3.14. The van der Waals surface area contributed by atoms with E-state index in [2.05, 4.69) is 4.99 Å². The molecule has 3 aromatic rings. The number of benzene rings is 3. The van der Waals surface area contributed by atoms with Gasteiger partial charge in [0.25, 0.3) is 0 Å². The maximum Gasteiger partial charge on any atom is 0.151 e. The minimum atomic E-state index is 0.401. The van der Waals surface area contributed by atoms with Crippen LogP contribution in [0.2, 0.25) is 5.02 Å². The Morgan fingerprint density at radius 1 is 0.828 bits per heavy atom. The van der Waals surface area contributed by atoms with Crippen molar-refractivity contribution in [2.45, 2.75) is 0 Å². The summed E-state index contributed by atoms with van der Waals surface area (Å²) in [6, 6.07) is 24.9. The molecule has 0 radical (unpaired) electrons. The number of carbonyl (C=O) groups is 1. The van der Waals surface area contributed by atoms with E-state index in [9.17, 15) is 4.79 Å². The molecule has 0 aromatic heterocycles. The van der Waals surface area contributed by atoms with Gasteiger partial charge in [0.1, 0.15) is 0 Å². The Labute approximate surface area is 179 Å². The van der Waals surface area contributed by atoms with Crippen molar-refractivity contribution in [1.29, 1.82) is 0 Å². The summed E-state index contributed by atoms with van der Waals surface area (Å²) in [5, 5.41) is 1.08. The van der Waals surface area contributed by atoms with E-state index in [0.717, 1.165) is 34.5 Å². The van der Waals surface area contributed by atoms with Crippen molar-refractivity contribution in [2.75, 3.05) is 4.90 Å². The number of aldehydes is 1. The number of halogens is 2. The summed E-state index contributed by atoms with van der Waals surface area (Å²) in [6.45, 7) is 0. The van der Waals surface area contributed by atoms with E-state index in [-0.39, 0.29) is 0 Å². The highest BCUT2D eigenvalue weighted by atomic mass is 35.5. The molecule has 3 nitrogen and oxygen atoms in total. The smallest absolute Gasteiger partial charge is 0.151 e. The van der Waals surface area contributed by atoms with Crippen molar-refractivity contribution in [3.63, 3.8) is 0 Å². The van der Waals surface area contributed by atoms with Crippen LogP contribution < -0.4 is 4.90 Å². The number of rotatable bonds is 6. The molecule has 4 rings (SSSR count). The number of anilines is 2. The van der Waals surface area contributed by atoms with Gasteiger partial charge in [0, 0.05) is 40.5 Å². The minimum Gasteiger partial charge on any atom is -0.316 e. The van der Waals surface area contributed by atoms with E-state index in [1.165, 1.54) is 0 Å². The van der Waals surface area contributed by atoms with E-state index in [0.29, 0.717) is 15.6 Å². The highest BCUT2D eigenvalue weighted by Crippen LogP contribution is 2.43. The molecular weight excluding hydrogens is 403 g/mol. The Kier molecular flexibility index (Phi) is 5.61. The van der Waals surface area contributed by atoms with E-state index in [4.69, 9.17) is 23.2 Å². The molecule has 142 valence electrons. The van der Waals surface area contributed by atoms with E-state index in [1.54, 1.807) is 18.3 Å². The van der Waals surface area contributed by atoms with Crippen LogP contribution in [0.4, 0.5) is 17.1 Å². The van der Waals surface area contributed by atoms with Gasteiger partial charge in [-0.1, -0.05) is 59.6 Å². The fourth-order valence-corrected chi connectivity index (χ4v) is 3.35. The highest BCUT2D eigenvalue weighted by molar-refractivity contribution is 6.40. The molecule has 0 amide bonds. The molecule has 5 heteroatoms. The van der Waals surface area contributed by atoms with Crippen molar-refractivity contribution >= 4 is 52.8 Å². The van der Waals surface area contributed by atoms with Gasteiger partial charge >= 0.3 is 0 Å². The number of carbonyl (C=O) groups excluding carboxylic acids is 1. The Bertz CT molecular complexity index is 1140. The molecular formula is C24H16Cl2N2O. The second-order valence-corrected chi connectivity index (χ2v) is 7.18. The summed E-state index contributed by atoms with van der Waals surface area (Å²) in [5.41, 5.74) is 4.90. The number of hydrogen-bond donors (Lipinski definition) is 0. The number of nitrogens with zero attached hydrogens (tertiary/aromatic N) is 2. The zero-order chi connectivity index (χ0) is 20.2. The average Bonchev–Trinajstić information content (AvgIpc) is 3.39. The van der Waals surface area contributed by atoms with Crippen LogP contribution in [-0.2, 0) is 0 Å². The van der Waals surface area contributed by atoms with Gasteiger partial charge in [0.15, 0.2) is 6.29 Å². The average molecular weight is 419 g/mol. The predicted octanol–water partition coefficient (Wildman–Crippen LogP) is 7.08. The van der Waals surface area contributed by atoms with Crippen molar-refractivity contribution in [3.05, 3.63) is 112 Å². The van der Waals surface area contributed by atoms with Crippen LogP contribution in [0.15, 0.2) is 106 Å². The normalized spacial score (nSPS) is 14.5. The van der Waals surface area contributed by atoms with Gasteiger partial charge in [-0.05, 0) is 42.5 Å². The molecule has 3 aromatic carbocycles. The van der Waals surface area contributed by atoms with Crippen LogP contribution in [0, 0.1) is 0 Å². The summed E-state index contributed by atoms with van der Waals surface area (Å²) < 4.78 is 0. The first-order valence-corrected chi connectivity index (χ1v) is 9.73. The standard InChI is InChI=1S/C24H16Cl2N2O/c25-23-13-20(12-11-17(23)16-29)28(19-9-5-2-6-10-19)15-22-21(24(22)26)14-27-18-7-3-1-4-8-18/h1-16H/b22-15+,27-14?. The first kappa shape index (κ1) is 19.2. The molecule has 29 heavy (non-hydrogen) atoms. The van der Waals surface area contributed by atoms with Crippen LogP contribution in [0.5, 0.6) is 0 Å². The fourth-order valence-electron chi connectivity index (χ4n) is 2.87. The van der Waals surface area contributed by atoms with E-state index >= 15 is 0 Å². The van der Waals surface area contributed by atoms with Gasteiger partial charge in [0.2, 0.25) is 0 Å². The van der Waals surface area contributed by atoms with Crippen LogP contribution in [-0.4, -0.2) is 12.5 Å². The molecule has 0 unspecified atom stereocenters. The van der Waals surface area contributed by atoms with E-state index < -0.39 is 0 Å². The molecule has 0 aliphatic heterocycles. The van der Waals surface area contributed by atoms with Gasteiger partial charge in [-0.15, -0.1) is 0 Å². The number of allylic oxidation sites excluding steroid dienone is 3. The molecule has 1 aliphatic rings. The highest BCUT2D eigenvalue weighted by Gasteiger charge is 2.28. The van der Waals surface area contributed by atoms with Gasteiger partial charge in [-0.25, -0.2) is 0 Å². The van der Waals surface area contributed by atoms with Crippen LogP contribution in [0.25, 0.3) is 0 Å². The molecule has 0 N–H and O–H groups in total. The monoisotopic (exact) mass is 418 g/mol. The summed E-state index contributed by atoms with van der Waals surface area (Å²) in [6.07, 6.45) is 4.47. The lowest BCUT2D eigenvalue weighted by molar-refractivity contribution is 0.112. The van der Waals surface area contributed by atoms with Crippen LogP contribution in [0.1, 0.15) is 10.4 Å². The molecule has 0 saturated heterocycles. The molecule has 0 spiro atoms. The van der Waals surface area contributed by atoms with Crippen molar-refractivity contribution < 1.29 is 4.79 Å². The summed E-state index contributed by atoms with van der Waals surface area (Å²) in [7, 11) is 0. The SMILES string of the molecule is O=Cc1ccc(N(/C=C2C(Cl)=C/2C=Nc2ccccc2)c2ccccc2)cc1Cl. The molecule has 0 atom stereocenters. The van der Waals surface area contributed by atoms with Gasteiger partial charge < -0.3 is 4.90 Å². The first-order valence-electron chi connectivity index (χ1n) is 8.98. The summed E-state index contributed by atoms with van der Waals surface area (Å²) in [5.74, 6) is 0. The first-order chi connectivity index (χ1) is 14.2. The lowest BCUT2D eigenvalue weighted by Crippen LogP contribution is -2.09. The third kappa shape index (κ3) is 4.32. The van der Waals surface area contributed by atoms with Gasteiger partial charge in [0.05, 0.1) is 15.7 Å².